The van der Waals surface area contributed by atoms with Crippen LogP contribution >= 0.6 is 12.2 Å². The summed E-state index contributed by atoms with van der Waals surface area (Å²) in [6.45, 7) is 0.500. The fourth-order valence-electron chi connectivity index (χ4n) is 3.37. The molecule has 1 atom stereocenters. The van der Waals surface area contributed by atoms with E-state index in [1.54, 1.807) is 0 Å². The molecule has 4 rings (SSSR count). The van der Waals surface area contributed by atoms with Crippen LogP contribution in [0.2, 0.25) is 0 Å². The molecule has 0 saturated carbocycles. The topological polar surface area (TPSA) is 61.8 Å². The van der Waals surface area contributed by atoms with E-state index in [9.17, 15) is 9.59 Å². The Morgan fingerprint density at radius 2 is 1.69 bits per heavy atom. The second-order valence-corrected chi connectivity index (χ2v) is 7.12. The minimum absolute atomic E-state index is 0.0882. The molecule has 0 bridgehead atoms. The molecule has 0 aliphatic carbocycles. The average molecular weight is 401 g/mol. The Balaban J connectivity index is 1.56. The van der Waals surface area contributed by atoms with Gasteiger partial charge in [0.05, 0.1) is 5.69 Å². The third-order valence-electron chi connectivity index (χ3n) is 4.84. The van der Waals surface area contributed by atoms with Gasteiger partial charge in [-0.1, -0.05) is 66.7 Å². The number of rotatable bonds is 5. The number of hydrogen-bond acceptors (Lipinski definition) is 4. The summed E-state index contributed by atoms with van der Waals surface area (Å²) in [5.74, 6) is -1.84. The van der Waals surface area contributed by atoms with Crippen LogP contribution in [0.3, 0.4) is 0 Å². The van der Waals surface area contributed by atoms with Gasteiger partial charge in [0.25, 0.3) is 5.91 Å². The van der Waals surface area contributed by atoms with Gasteiger partial charge in [0.2, 0.25) is 5.91 Å². The first kappa shape index (κ1) is 19.0. The van der Waals surface area contributed by atoms with E-state index in [1.165, 1.54) is 11.1 Å². The molecule has 0 spiro atoms. The SMILES string of the molecule is O=C1NC(=S)N(c2cccc3ccccc23)C(=O)C1C=NCCc1ccccc1. The van der Waals surface area contributed by atoms with Crippen molar-refractivity contribution in [3.05, 3.63) is 78.4 Å². The zero-order valence-electron chi connectivity index (χ0n) is 15.6. The van der Waals surface area contributed by atoms with Crippen molar-refractivity contribution in [3.8, 4) is 0 Å². The summed E-state index contributed by atoms with van der Waals surface area (Å²) >= 11 is 5.31. The molecule has 1 unspecified atom stereocenters. The summed E-state index contributed by atoms with van der Waals surface area (Å²) in [7, 11) is 0. The van der Waals surface area contributed by atoms with Gasteiger partial charge >= 0.3 is 0 Å². The van der Waals surface area contributed by atoms with Crippen LogP contribution in [0.15, 0.2) is 77.8 Å². The van der Waals surface area contributed by atoms with Crippen molar-refractivity contribution >= 4 is 51.8 Å². The third kappa shape index (κ3) is 3.93. The van der Waals surface area contributed by atoms with Crippen LogP contribution in [0.1, 0.15) is 5.56 Å². The molecule has 144 valence electrons. The standard InChI is InChI=1S/C23H19N3O2S/c27-21-19(15-24-14-13-16-7-2-1-3-8-16)22(28)26(23(29)25-21)20-12-6-10-17-9-4-5-11-18(17)20/h1-12,15,19H,13-14H2,(H,25,27,29). The van der Waals surface area contributed by atoms with E-state index in [0.29, 0.717) is 12.2 Å². The molecular weight excluding hydrogens is 382 g/mol. The number of nitrogens with one attached hydrogen (secondary N) is 1. The predicted molar refractivity (Wildman–Crippen MR) is 119 cm³/mol. The minimum Gasteiger partial charge on any atom is -0.301 e. The Bertz CT molecular complexity index is 1110. The quantitative estimate of drug-likeness (QED) is 0.404. The summed E-state index contributed by atoms with van der Waals surface area (Å²) in [6, 6.07) is 23.4. The van der Waals surface area contributed by atoms with Crippen molar-refractivity contribution < 1.29 is 9.59 Å². The molecule has 6 heteroatoms. The van der Waals surface area contributed by atoms with Crippen molar-refractivity contribution in [3.63, 3.8) is 0 Å². The van der Waals surface area contributed by atoms with Gasteiger partial charge in [0.1, 0.15) is 0 Å². The highest BCUT2D eigenvalue weighted by molar-refractivity contribution is 7.80. The Morgan fingerprint density at radius 3 is 2.52 bits per heavy atom. The van der Waals surface area contributed by atoms with Crippen molar-refractivity contribution in [1.82, 2.24) is 5.32 Å². The summed E-state index contributed by atoms with van der Waals surface area (Å²) in [5, 5.41) is 4.61. The third-order valence-corrected chi connectivity index (χ3v) is 5.12. The molecule has 1 heterocycles. The Hall–Kier alpha value is -3.38. The summed E-state index contributed by atoms with van der Waals surface area (Å²) in [4.78, 5) is 31.2. The lowest BCUT2D eigenvalue weighted by Gasteiger charge is -2.31. The van der Waals surface area contributed by atoms with Crippen LogP contribution < -0.4 is 10.2 Å². The Kier molecular flexibility index (Phi) is 5.44. The lowest BCUT2D eigenvalue weighted by atomic mass is 10.0. The summed E-state index contributed by atoms with van der Waals surface area (Å²) < 4.78 is 0. The van der Waals surface area contributed by atoms with E-state index < -0.39 is 17.7 Å². The predicted octanol–water partition coefficient (Wildman–Crippen LogP) is 3.52. The number of thiocarbonyl (C=S) groups is 1. The highest BCUT2D eigenvalue weighted by Gasteiger charge is 2.38. The monoisotopic (exact) mass is 401 g/mol. The van der Waals surface area contributed by atoms with Gasteiger partial charge in [-0.3, -0.25) is 19.5 Å². The van der Waals surface area contributed by atoms with Crippen LogP contribution in [0.25, 0.3) is 10.8 Å². The molecule has 1 fully saturated rings. The van der Waals surface area contributed by atoms with Crippen molar-refractivity contribution in [2.75, 3.05) is 11.4 Å². The second kappa shape index (κ2) is 8.32. The Labute approximate surface area is 174 Å². The van der Waals surface area contributed by atoms with Crippen molar-refractivity contribution in [2.45, 2.75) is 6.42 Å². The van der Waals surface area contributed by atoms with Crippen LogP contribution in [0.4, 0.5) is 5.69 Å². The van der Waals surface area contributed by atoms with Gasteiger partial charge in [-0.25, -0.2) is 0 Å². The van der Waals surface area contributed by atoms with E-state index in [2.05, 4.69) is 10.3 Å². The highest BCUT2D eigenvalue weighted by atomic mass is 32.1. The van der Waals surface area contributed by atoms with E-state index >= 15 is 0 Å². The van der Waals surface area contributed by atoms with Crippen LogP contribution in [0, 0.1) is 5.92 Å². The smallest absolute Gasteiger partial charge is 0.251 e. The second-order valence-electron chi connectivity index (χ2n) is 6.73. The van der Waals surface area contributed by atoms with Crippen LogP contribution in [-0.2, 0) is 16.0 Å². The normalized spacial score (nSPS) is 17.2. The van der Waals surface area contributed by atoms with E-state index in [4.69, 9.17) is 12.2 Å². The lowest BCUT2D eigenvalue weighted by molar-refractivity contribution is -0.130. The molecule has 5 nitrogen and oxygen atoms in total. The molecule has 0 radical (unpaired) electrons. The Morgan fingerprint density at radius 1 is 0.966 bits per heavy atom. The average Bonchev–Trinajstić information content (AvgIpc) is 2.74. The van der Waals surface area contributed by atoms with Crippen LogP contribution in [-0.4, -0.2) is 29.7 Å². The van der Waals surface area contributed by atoms with E-state index in [-0.39, 0.29) is 5.11 Å². The van der Waals surface area contributed by atoms with Gasteiger partial charge < -0.3 is 5.32 Å². The molecule has 3 aromatic rings. The lowest BCUT2D eigenvalue weighted by Crippen LogP contribution is -2.58. The molecule has 1 aliphatic rings. The molecule has 29 heavy (non-hydrogen) atoms. The van der Waals surface area contributed by atoms with Gasteiger partial charge in [-0.15, -0.1) is 0 Å². The van der Waals surface area contributed by atoms with Gasteiger partial charge in [0.15, 0.2) is 11.0 Å². The van der Waals surface area contributed by atoms with Crippen molar-refractivity contribution in [1.29, 1.82) is 0 Å². The number of carbonyl (C=O) groups is 2. The molecule has 0 aromatic heterocycles. The summed E-state index contributed by atoms with van der Waals surface area (Å²) in [5.41, 5.74) is 1.81. The maximum absolute atomic E-state index is 13.1. The first-order valence-corrected chi connectivity index (χ1v) is 9.76. The fraction of sp³-hybridized carbons (Fsp3) is 0.130. The molecule has 3 aromatic carbocycles. The maximum atomic E-state index is 13.1. The van der Waals surface area contributed by atoms with E-state index in [0.717, 1.165) is 22.8 Å². The maximum Gasteiger partial charge on any atom is 0.251 e. The number of fused-ring (bicyclic) bond motifs is 1. The fourth-order valence-corrected chi connectivity index (χ4v) is 3.66. The first-order valence-electron chi connectivity index (χ1n) is 9.35. The molecule has 1 aliphatic heterocycles. The molecule has 1 saturated heterocycles. The number of amides is 2. The van der Waals surface area contributed by atoms with Crippen molar-refractivity contribution in [2.24, 2.45) is 10.9 Å². The van der Waals surface area contributed by atoms with Gasteiger partial charge in [-0.2, -0.15) is 0 Å². The summed E-state index contributed by atoms with van der Waals surface area (Å²) in [6.07, 6.45) is 2.17. The zero-order chi connectivity index (χ0) is 20.2. The number of nitrogens with zero attached hydrogens (tertiary/aromatic N) is 2. The van der Waals surface area contributed by atoms with Gasteiger partial charge in [-0.05, 0) is 35.7 Å². The van der Waals surface area contributed by atoms with Gasteiger partial charge in [0, 0.05) is 18.1 Å². The number of carbonyl (C=O) groups excluding carboxylic acids is 2. The number of aliphatic imine (C=N–C) groups is 1. The number of anilines is 1. The first-order chi connectivity index (χ1) is 14.1. The van der Waals surface area contributed by atoms with Crippen LogP contribution in [0.5, 0.6) is 0 Å². The number of benzene rings is 3. The number of hydrogen-bond donors (Lipinski definition) is 1. The highest BCUT2D eigenvalue weighted by Crippen LogP contribution is 2.29. The molecule has 1 N–H and O–H groups in total. The largest absolute Gasteiger partial charge is 0.301 e. The van der Waals surface area contributed by atoms with E-state index in [1.807, 2.05) is 72.8 Å². The molecular formula is C23H19N3O2S. The molecule has 2 amide bonds. The minimum atomic E-state index is -1.00. The zero-order valence-corrected chi connectivity index (χ0v) is 16.4.